The average Bonchev–Trinajstić information content (AvgIpc) is 2.49. The molecule has 1 aliphatic rings. The van der Waals surface area contributed by atoms with Crippen molar-refractivity contribution in [1.82, 2.24) is 0 Å². The SMILES string of the molecule is NC(=S)c1ccc(NC2CCOc3ccccc32)c(Br)c1. The molecule has 2 aromatic carbocycles. The third-order valence-corrected chi connectivity index (χ3v) is 4.43. The molecule has 0 fully saturated rings. The number of nitrogens with two attached hydrogens (primary N) is 1. The minimum absolute atomic E-state index is 0.238. The Hall–Kier alpha value is -1.59. The molecule has 108 valence electrons. The van der Waals surface area contributed by atoms with Gasteiger partial charge in [-0.05, 0) is 40.2 Å². The highest BCUT2D eigenvalue weighted by Crippen LogP contribution is 2.35. The fraction of sp³-hybridized carbons (Fsp3) is 0.188. The molecule has 0 amide bonds. The van der Waals surface area contributed by atoms with Gasteiger partial charge in [0, 0.05) is 27.7 Å². The zero-order valence-electron chi connectivity index (χ0n) is 11.3. The van der Waals surface area contributed by atoms with Crippen molar-refractivity contribution in [3.05, 3.63) is 58.1 Å². The van der Waals surface area contributed by atoms with E-state index in [9.17, 15) is 0 Å². The maximum Gasteiger partial charge on any atom is 0.124 e. The number of thiocarbonyl (C=S) groups is 1. The summed E-state index contributed by atoms with van der Waals surface area (Å²) >= 11 is 8.57. The lowest BCUT2D eigenvalue weighted by atomic mass is 10.00. The number of nitrogens with one attached hydrogen (secondary N) is 1. The van der Waals surface area contributed by atoms with Crippen molar-refractivity contribution in [3.8, 4) is 5.75 Å². The highest BCUT2D eigenvalue weighted by Gasteiger charge is 2.21. The monoisotopic (exact) mass is 362 g/mol. The number of rotatable bonds is 3. The van der Waals surface area contributed by atoms with E-state index in [0.717, 1.165) is 34.5 Å². The van der Waals surface area contributed by atoms with Gasteiger partial charge in [-0.25, -0.2) is 0 Å². The first kappa shape index (κ1) is 14.4. The van der Waals surface area contributed by atoms with Crippen LogP contribution >= 0.6 is 28.1 Å². The zero-order chi connectivity index (χ0) is 14.8. The second-order valence-corrected chi connectivity index (χ2v) is 6.22. The summed E-state index contributed by atoms with van der Waals surface area (Å²) in [5, 5.41) is 3.56. The standard InChI is InChI=1S/C16H15BrN2OS/c17-12-9-10(16(18)21)5-6-14(12)19-13-7-8-20-15-4-2-1-3-11(13)15/h1-6,9,13,19H,7-8H2,(H2,18,21). The molecule has 1 unspecified atom stereocenters. The molecular weight excluding hydrogens is 348 g/mol. The number of halogens is 1. The fourth-order valence-electron chi connectivity index (χ4n) is 2.47. The highest BCUT2D eigenvalue weighted by molar-refractivity contribution is 9.10. The van der Waals surface area contributed by atoms with Gasteiger partial charge in [0.05, 0.1) is 12.6 Å². The number of para-hydroxylation sites is 1. The van der Waals surface area contributed by atoms with Crippen LogP contribution in [0.25, 0.3) is 0 Å². The largest absolute Gasteiger partial charge is 0.493 e. The van der Waals surface area contributed by atoms with Crippen LogP contribution in [-0.4, -0.2) is 11.6 Å². The van der Waals surface area contributed by atoms with Crippen molar-refractivity contribution < 1.29 is 4.74 Å². The molecule has 0 spiro atoms. The number of hydrogen-bond donors (Lipinski definition) is 2. The third kappa shape index (κ3) is 3.04. The Morgan fingerprint density at radius 3 is 2.86 bits per heavy atom. The normalized spacial score (nSPS) is 16.7. The van der Waals surface area contributed by atoms with Gasteiger partial charge in [0.2, 0.25) is 0 Å². The Labute approximate surface area is 137 Å². The van der Waals surface area contributed by atoms with Crippen LogP contribution in [-0.2, 0) is 0 Å². The van der Waals surface area contributed by atoms with Crippen LogP contribution in [0.2, 0.25) is 0 Å². The molecule has 3 nitrogen and oxygen atoms in total. The smallest absolute Gasteiger partial charge is 0.124 e. The van der Waals surface area contributed by atoms with E-state index in [1.54, 1.807) is 0 Å². The molecule has 0 saturated heterocycles. The zero-order valence-corrected chi connectivity index (χ0v) is 13.7. The summed E-state index contributed by atoms with van der Waals surface area (Å²) in [7, 11) is 0. The van der Waals surface area contributed by atoms with Crippen LogP contribution < -0.4 is 15.8 Å². The predicted octanol–water partition coefficient (Wildman–Crippen LogP) is 4.02. The number of anilines is 1. The molecule has 2 aromatic rings. The van der Waals surface area contributed by atoms with Crippen molar-refractivity contribution in [2.45, 2.75) is 12.5 Å². The molecule has 1 atom stereocenters. The fourth-order valence-corrected chi connectivity index (χ4v) is 3.09. The molecule has 5 heteroatoms. The van der Waals surface area contributed by atoms with Crippen LogP contribution in [0.15, 0.2) is 46.9 Å². The van der Waals surface area contributed by atoms with E-state index in [4.69, 9.17) is 22.7 Å². The quantitative estimate of drug-likeness (QED) is 0.809. The van der Waals surface area contributed by atoms with Gasteiger partial charge in [0.1, 0.15) is 10.7 Å². The van der Waals surface area contributed by atoms with Crippen molar-refractivity contribution in [1.29, 1.82) is 0 Å². The van der Waals surface area contributed by atoms with E-state index in [-0.39, 0.29) is 6.04 Å². The summed E-state index contributed by atoms with van der Waals surface area (Å²) in [5.41, 5.74) is 8.72. The maximum atomic E-state index is 5.69. The van der Waals surface area contributed by atoms with Crippen molar-refractivity contribution in [3.63, 3.8) is 0 Å². The average molecular weight is 363 g/mol. The molecule has 3 rings (SSSR count). The number of hydrogen-bond acceptors (Lipinski definition) is 3. The third-order valence-electron chi connectivity index (χ3n) is 3.54. The number of benzene rings is 2. The topological polar surface area (TPSA) is 47.3 Å². The Kier molecular flexibility index (Phi) is 4.12. The molecule has 0 bridgehead atoms. The van der Waals surface area contributed by atoms with E-state index in [1.807, 2.05) is 36.4 Å². The maximum absolute atomic E-state index is 5.69. The summed E-state index contributed by atoms with van der Waals surface area (Å²) in [4.78, 5) is 0.402. The van der Waals surface area contributed by atoms with Gasteiger partial charge in [0.25, 0.3) is 0 Å². The Morgan fingerprint density at radius 1 is 1.29 bits per heavy atom. The summed E-state index contributed by atoms with van der Waals surface area (Å²) in [6, 6.07) is 14.2. The Balaban J connectivity index is 1.86. The van der Waals surface area contributed by atoms with Gasteiger partial charge in [-0.1, -0.05) is 30.4 Å². The Morgan fingerprint density at radius 2 is 2.10 bits per heavy atom. The first-order valence-electron chi connectivity index (χ1n) is 6.73. The van der Waals surface area contributed by atoms with Crippen molar-refractivity contribution in [2.24, 2.45) is 5.73 Å². The first-order valence-corrected chi connectivity index (χ1v) is 7.93. The van der Waals surface area contributed by atoms with Gasteiger partial charge in [0.15, 0.2) is 0 Å². The van der Waals surface area contributed by atoms with E-state index >= 15 is 0 Å². The lowest BCUT2D eigenvalue weighted by molar-refractivity contribution is 0.274. The summed E-state index contributed by atoms with van der Waals surface area (Å²) in [6.07, 6.45) is 0.931. The van der Waals surface area contributed by atoms with Gasteiger partial charge in [-0.2, -0.15) is 0 Å². The van der Waals surface area contributed by atoms with Gasteiger partial charge >= 0.3 is 0 Å². The molecule has 1 aliphatic heterocycles. The number of fused-ring (bicyclic) bond motifs is 1. The highest BCUT2D eigenvalue weighted by atomic mass is 79.9. The first-order chi connectivity index (χ1) is 10.1. The summed E-state index contributed by atoms with van der Waals surface area (Å²) in [5.74, 6) is 0.956. The van der Waals surface area contributed by atoms with Crippen molar-refractivity contribution in [2.75, 3.05) is 11.9 Å². The Bertz CT molecular complexity index is 690. The second kappa shape index (κ2) is 6.03. The minimum Gasteiger partial charge on any atom is -0.493 e. The molecule has 0 radical (unpaired) electrons. The summed E-state index contributed by atoms with van der Waals surface area (Å²) < 4.78 is 6.64. The lowest BCUT2D eigenvalue weighted by Gasteiger charge is -2.28. The van der Waals surface area contributed by atoms with Crippen LogP contribution in [0.3, 0.4) is 0 Å². The van der Waals surface area contributed by atoms with Gasteiger partial charge < -0.3 is 15.8 Å². The number of ether oxygens (including phenoxy) is 1. The molecule has 0 aliphatic carbocycles. The van der Waals surface area contributed by atoms with Crippen LogP contribution in [0.5, 0.6) is 5.75 Å². The van der Waals surface area contributed by atoms with E-state index in [2.05, 4.69) is 27.3 Å². The van der Waals surface area contributed by atoms with E-state index in [0.29, 0.717) is 4.99 Å². The van der Waals surface area contributed by atoms with Crippen LogP contribution in [0.4, 0.5) is 5.69 Å². The minimum atomic E-state index is 0.238. The van der Waals surface area contributed by atoms with Gasteiger partial charge in [-0.3, -0.25) is 0 Å². The molecule has 0 aromatic heterocycles. The predicted molar refractivity (Wildman–Crippen MR) is 92.9 cm³/mol. The molecule has 1 heterocycles. The molecule has 21 heavy (non-hydrogen) atoms. The van der Waals surface area contributed by atoms with Crippen LogP contribution in [0, 0.1) is 0 Å². The lowest BCUT2D eigenvalue weighted by Crippen LogP contribution is -2.20. The molecule has 3 N–H and O–H groups in total. The molecule has 0 saturated carbocycles. The van der Waals surface area contributed by atoms with Crippen LogP contribution in [0.1, 0.15) is 23.6 Å². The second-order valence-electron chi connectivity index (χ2n) is 4.93. The van der Waals surface area contributed by atoms with E-state index in [1.165, 1.54) is 5.56 Å². The van der Waals surface area contributed by atoms with E-state index < -0.39 is 0 Å². The van der Waals surface area contributed by atoms with Gasteiger partial charge in [-0.15, -0.1) is 0 Å². The summed E-state index contributed by atoms with van der Waals surface area (Å²) in [6.45, 7) is 0.720. The molecular formula is C16H15BrN2OS. The van der Waals surface area contributed by atoms with Crippen molar-refractivity contribution >= 4 is 38.8 Å².